The fourth-order valence-corrected chi connectivity index (χ4v) is 1.14. The third-order valence-corrected chi connectivity index (χ3v) is 1.94. The zero-order valence-electron chi connectivity index (χ0n) is 11.5. The van der Waals surface area contributed by atoms with Crippen molar-refractivity contribution in [2.24, 2.45) is 0 Å². The molecule has 0 aromatic heterocycles. The summed E-state index contributed by atoms with van der Waals surface area (Å²) in [6.07, 6.45) is 7.34. The van der Waals surface area contributed by atoms with Crippen LogP contribution in [0.3, 0.4) is 0 Å². The van der Waals surface area contributed by atoms with Crippen LogP contribution in [0.15, 0.2) is 12.2 Å². The first kappa shape index (κ1) is 18.9. The van der Waals surface area contributed by atoms with Crippen molar-refractivity contribution < 1.29 is 14.4 Å². The lowest BCUT2D eigenvalue weighted by atomic mass is 10.2. The molecule has 2 amide bonds. The zero-order chi connectivity index (χ0) is 14.2. The van der Waals surface area contributed by atoms with Crippen molar-refractivity contribution in [2.75, 3.05) is 20.6 Å². The molecule has 1 N–H and O–H groups in total. The van der Waals surface area contributed by atoms with E-state index in [0.717, 1.165) is 30.4 Å². The number of hydrogen-bond acceptors (Lipinski definition) is 4. The standard InChI is InChI=1S/C11H17NO3.C2H7N/c1-2-7-11(15)12(10-14)8-5-3-4-6-9-13;1-3-2/h2,7,9-10H,3-6,8H2,1H3;3H,1-2H3/b7-2-;. The van der Waals surface area contributed by atoms with Gasteiger partial charge in [-0.1, -0.05) is 12.5 Å². The minimum Gasteiger partial charge on any atom is -0.323 e. The summed E-state index contributed by atoms with van der Waals surface area (Å²) in [5.41, 5.74) is 0. The van der Waals surface area contributed by atoms with E-state index in [1.165, 1.54) is 6.08 Å². The van der Waals surface area contributed by atoms with E-state index in [-0.39, 0.29) is 5.91 Å². The summed E-state index contributed by atoms with van der Waals surface area (Å²) in [4.78, 5) is 33.0. The molecular formula is C13H24N2O3. The lowest BCUT2D eigenvalue weighted by Crippen LogP contribution is -2.28. The molecule has 0 saturated carbocycles. The number of rotatable bonds is 8. The summed E-state index contributed by atoms with van der Waals surface area (Å²) in [7, 11) is 3.75. The molecule has 0 radical (unpaired) electrons. The molecule has 0 fully saturated rings. The third kappa shape index (κ3) is 12.6. The predicted octanol–water partition coefficient (Wildman–Crippen LogP) is 1.14. The lowest BCUT2D eigenvalue weighted by molar-refractivity contribution is -0.134. The first-order chi connectivity index (χ1) is 8.67. The Morgan fingerprint density at radius 2 is 1.78 bits per heavy atom. The number of hydrogen-bond donors (Lipinski definition) is 1. The molecule has 0 aromatic carbocycles. The monoisotopic (exact) mass is 256 g/mol. The summed E-state index contributed by atoms with van der Waals surface area (Å²) < 4.78 is 0. The zero-order valence-corrected chi connectivity index (χ0v) is 11.5. The van der Waals surface area contributed by atoms with Gasteiger partial charge in [0, 0.05) is 13.0 Å². The van der Waals surface area contributed by atoms with Crippen molar-refractivity contribution in [1.29, 1.82) is 0 Å². The van der Waals surface area contributed by atoms with Crippen molar-refractivity contribution in [1.82, 2.24) is 10.2 Å². The molecule has 0 heterocycles. The Hall–Kier alpha value is -1.49. The number of allylic oxidation sites excluding steroid dienone is 1. The van der Waals surface area contributed by atoms with Crippen LogP contribution in [0, 0.1) is 0 Å². The number of unbranched alkanes of at least 4 members (excludes halogenated alkanes) is 3. The maximum atomic E-state index is 11.2. The number of carbonyl (C=O) groups excluding carboxylic acids is 3. The minimum atomic E-state index is -0.289. The quantitative estimate of drug-likeness (QED) is 0.402. The van der Waals surface area contributed by atoms with Gasteiger partial charge in [0.25, 0.3) is 5.91 Å². The Bertz CT molecular complexity index is 253. The molecule has 0 aliphatic rings. The first-order valence-electron chi connectivity index (χ1n) is 6.08. The number of carbonyl (C=O) groups is 3. The summed E-state index contributed by atoms with van der Waals surface area (Å²) in [6, 6.07) is 0. The van der Waals surface area contributed by atoms with Gasteiger partial charge in [-0.3, -0.25) is 14.5 Å². The molecule has 18 heavy (non-hydrogen) atoms. The summed E-state index contributed by atoms with van der Waals surface area (Å²) in [5.74, 6) is -0.289. The third-order valence-electron chi connectivity index (χ3n) is 1.94. The molecule has 5 nitrogen and oxygen atoms in total. The van der Waals surface area contributed by atoms with Crippen molar-refractivity contribution >= 4 is 18.6 Å². The van der Waals surface area contributed by atoms with E-state index in [0.29, 0.717) is 19.4 Å². The van der Waals surface area contributed by atoms with Gasteiger partial charge in [-0.05, 0) is 39.9 Å². The molecule has 0 bridgehead atoms. The number of nitrogens with zero attached hydrogens (tertiary/aromatic N) is 1. The van der Waals surface area contributed by atoms with E-state index in [1.54, 1.807) is 13.0 Å². The molecular weight excluding hydrogens is 232 g/mol. The van der Waals surface area contributed by atoms with Crippen LogP contribution in [0.5, 0.6) is 0 Å². The van der Waals surface area contributed by atoms with Crippen LogP contribution in [0.4, 0.5) is 0 Å². The van der Waals surface area contributed by atoms with Crippen LogP contribution < -0.4 is 5.32 Å². The average Bonchev–Trinajstić information content (AvgIpc) is 2.35. The first-order valence-corrected chi connectivity index (χ1v) is 6.08. The molecule has 0 aliphatic heterocycles. The Kier molecular flexibility index (Phi) is 16.3. The van der Waals surface area contributed by atoms with Gasteiger partial charge in [0.1, 0.15) is 6.29 Å². The van der Waals surface area contributed by atoms with Crippen LogP contribution in [-0.4, -0.2) is 44.1 Å². The van der Waals surface area contributed by atoms with E-state index >= 15 is 0 Å². The highest BCUT2D eigenvalue weighted by Gasteiger charge is 2.07. The van der Waals surface area contributed by atoms with Crippen molar-refractivity contribution in [3.8, 4) is 0 Å². The smallest absolute Gasteiger partial charge is 0.252 e. The second kappa shape index (κ2) is 15.5. The van der Waals surface area contributed by atoms with E-state index in [4.69, 9.17) is 0 Å². The second-order valence-corrected chi connectivity index (χ2v) is 3.65. The van der Waals surface area contributed by atoms with Crippen molar-refractivity contribution in [2.45, 2.75) is 32.6 Å². The van der Waals surface area contributed by atoms with Crippen LogP contribution in [0.25, 0.3) is 0 Å². The Balaban J connectivity index is 0. The van der Waals surface area contributed by atoms with Crippen LogP contribution in [0.1, 0.15) is 32.6 Å². The SMILES string of the molecule is C/C=C\C(=O)N(C=O)CCCCCC=O.CNC. The van der Waals surface area contributed by atoms with Gasteiger partial charge >= 0.3 is 0 Å². The van der Waals surface area contributed by atoms with Crippen LogP contribution in [0.2, 0.25) is 0 Å². The minimum absolute atomic E-state index is 0.289. The molecule has 0 aromatic rings. The predicted molar refractivity (Wildman–Crippen MR) is 72.1 cm³/mol. The number of aldehydes is 1. The Morgan fingerprint density at radius 3 is 2.22 bits per heavy atom. The van der Waals surface area contributed by atoms with Gasteiger partial charge in [0.15, 0.2) is 0 Å². The Labute approximate surface area is 109 Å². The maximum absolute atomic E-state index is 11.2. The molecule has 5 heteroatoms. The maximum Gasteiger partial charge on any atom is 0.252 e. The fourth-order valence-electron chi connectivity index (χ4n) is 1.14. The Morgan fingerprint density at radius 1 is 1.17 bits per heavy atom. The highest BCUT2D eigenvalue weighted by molar-refractivity contribution is 5.94. The summed E-state index contributed by atoms with van der Waals surface area (Å²) >= 11 is 0. The molecule has 0 atom stereocenters. The fraction of sp³-hybridized carbons (Fsp3) is 0.615. The van der Waals surface area contributed by atoms with E-state index in [1.807, 2.05) is 14.1 Å². The second-order valence-electron chi connectivity index (χ2n) is 3.65. The highest BCUT2D eigenvalue weighted by Crippen LogP contribution is 2.00. The topological polar surface area (TPSA) is 66.5 Å². The van der Waals surface area contributed by atoms with Gasteiger partial charge in [0.05, 0.1) is 0 Å². The van der Waals surface area contributed by atoms with E-state index < -0.39 is 0 Å². The molecule has 104 valence electrons. The summed E-state index contributed by atoms with van der Waals surface area (Å²) in [5, 5.41) is 2.75. The van der Waals surface area contributed by atoms with Crippen LogP contribution >= 0.6 is 0 Å². The van der Waals surface area contributed by atoms with Crippen LogP contribution in [-0.2, 0) is 14.4 Å². The molecule has 0 unspecified atom stereocenters. The van der Waals surface area contributed by atoms with E-state index in [9.17, 15) is 14.4 Å². The van der Waals surface area contributed by atoms with Gasteiger partial charge < -0.3 is 10.1 Å². The number of nitrogens with one attached hydrogen (secondary N) is 1. The van der Waals surface area contributed by atoms with Crippen molar-refractivity contribution in [3.63, 3.8) is 0 Å². The van der Waals surface area contributed by atoms with Gasteiger partial charge in [-0.25, -0.2) is 0 Å². The highest BCUT2D eigenvalue weighted by atomic mass is 16.2. The van der Waals surface area contributed by atoms with Gasteiger partial charge in [-0.15, -0.1) is 0 Å². The normalized spacial score (nSPS) is 9.50. The van der Waals surface area contributed by atoms with Gasteiger partial charge in [0.2, 0.25) is 6.41 Å². The largest absolute Gasteiger partial charge is 0.323 e. The number of amides is 2. The van der Waals surface area contributed by atoms with Crippen molar-refractivity contribution in [3.05, 3.63) is 12.2 Å². The van der Waals surface area contributed by atoms with E-state index in [2.05, 4.69) is 5.32 Å². The molecule has 0 saturated heterocycles. The number of imide groups is 1. The molecule has 0 rings (SSSR count). The summed E-state index contributed by atoms with van der Waals surface area (Å²) in [6.45, 7) is 2.15. The van der Waals surface area contributed by atoms with Gasteiger partial charge in [-0.2, -0.15) is 0 Å². The lowest BCUT2D eigenvalue weighted by Gasteiger charge is -2.12. The average molecular weight is 256 g/mol. The molecule has 0 aliphatic carbocycles. The molecule has 0 spiro atoms.